The van der Waals surface area contributed by atoms with Gasteiger partial charge in [-0.2, -0.15) is 0 Å². The van der Waals surface area contributed by atoms with Crippen LogP contribution in [0.3, 0.4) is 0 Å². The largest absolute Gasteiger partial charge is 0.339 e. The Bertz CT molecular complexity index is 919. The Hall–Kier alpha value is -1.91. The van der Waals surface area contributed by atoms with E-state index in [-0.39, 0.29) is 34.2 Å². The molecule has 7 atom stereocenters. The van der Waals surface area contributed by atoms with Gasteiger partial charge < -0.3 is 10.2 Å². The first-order chi connectivity index (χ1) is 15.3. The molecule has 4 fully saturated rings. The molecule has 1 N–H and O–H groups in total. The molecule has 1 aliphatic heterocycles. The van der Waals surface area contributed by atoms with Crippen molar-refractivity contribution in [3.8, 4) is 0 Å². The summed E-state index contributed by atoms with van der Waals surface area (Å²) in [5.74, 6) is 1.70. The van der Waals surface area contributed by atoms with Gasteiger partial charge in [0.15, 0.2) is 0 Å². The van der Waals surface area contributed by atoms with E-state index >= 15 is 0 Å². The van der Waals surface area contributed by atoms with Gasteiger partial charge in [-0.05, 0) is 92.6 Å². The molecule has 1 saturated heterocycles. The highest BCUT2D eigenvalue weighted by Crippen LogP contribution is 2.66. The van der Waals surface area contributed by atoms with Gasteiger partial charge in [0.2, 0.25) is 11.8 Å². The number of nitrogens with one attached hydrogen (secondary N) is 1. The number of nitrogens with zero attached hydrogens (tertiary/aromatic N) is 1. The van der Waals surface area contributed by atoms with E-state index in [1.54, 1.807) is 18.2 Å². The van der Waals surface area contributed by atoms with Crippen molar-refractivity contribution in [2.24, 2.45) is 34.5 Å². The SMILES string of the molecule is CCN1C(=O)CC[C@@]2(C)C1CC[C@@H]1[C@H]2CC[C@]2(C)C(C(=O)Nc3ccccc3F)CC[C@@H]12. The van der Waals surface area contributed by atoms with Crippen LogP contribution in [0.25, 0.3) is 0 Å². The predicted molar refractivity (Wildman–Crippen MR) is 123 cm³/mol. The molecule has 0 radical (unpaired) electrons. The van der Waals surface area contributed by atoms with Gasteiger partial charge in [-0.25, -0.2) is 4.39 Å². The summed E-state index contributed by atoms with van der Waals surface area (Å²) in [6, 6.07) is 6.82. The average molecular weight is 441 g/mol. The number of carbonyl (C=O) groups excluding carboxylic acids is 2. The smallest absolute Gasteiger partial charge is 0.228 e. The maximum Gasteiger partial charge on any atom is 0.228 e. The lowest BCUT2D eigenvalue weighted by atomic mass is 9.47. The number of carbonyl (C=O) groups is 2. The van der Waals surface area contributed by atoms with Crippen LogP contribution in [0, 0.1) is 40.3 Å². The molecule has 5 rings (SSSR count). The van der Waals surface area contributed by atoms with Crippen LogP contribution in [0.1, 0.15) is 72.1 Å². The first-order valence-corrected chi connectivity index (χ1v) is 12.6. The molecule has 4 aliphatic rings. The molecule has 5 heteroatoms. The summed E-state index contributed by atoms with van der Waals surface area (Å²) in [6.45, 7) is 7.70. The van der Waals surface area contributed by atoms with Crippen molar-refractivity contribution in [3.63, 3.8) is 0 Å². The van der Waals surface area contributed by atoms with Crippen molar-refractivity contribution in [1.82, 2.24) is 4.90 Å². The minimum absolute atomic E-state index is 0.0149. The van der Waals surface area contributed by atoms with Crippen molar-refractivity contribution in [1.29, 1.82) is 0 Å². The normalized spacial score (nSPS) is 40.9. The second-order valence-electron chi connectivity index (χ2n) is 11.3. The van der Waals surface area contributed by atoms with Crippen molar-refractivity contribution in [2.75, 3.05) is 11.9 Å². The summed E-state index contributed by atoms with van der Waals surface area (Å²) in [5.41, 5.74) is 0.467. The Morgan fingerprint density at radius 3 is 2.56 bits per heavy atom. The number of hydrogen-bond acceptors (Lipinski definition) is 2. The molecule has 4 nitrogen and oxygen atoms in total. The first-order valence-electron chi connectivity index (χ1n) is 12.6. The Kier molecular flexibility index (Phi) is 5.37. The molecule has 174 valence electrons. The summed E-state index contributed by atoms with van der Waals surface area (Å²) in [5, 5.41) is 2.90. The molecule has 2 unspecified atom stereocenters. The first kappa shape index (κ1) is 21.9. The third kappa shape index (κ3) is 3.13. The number of rotatable bonds is 3. The Balaban J connectivity index is 1.37. The van der Waals surface area contributed by atoms with E-state index in [0.29, 0.717) is 36.1 Å². The fourth-order valence-electron chi connectivity index (χ4n) is 8.60. The van der Waals surface area contributed by atoms with Gasteiger partial charge in [-0.15, -0.1) is 0 Å². The van der Waals surface area contributed by atoms with Gasteiger partial charge in [0.1, 0.15) is 5.82 Å². The molecule has 0 bridgehead atoms. The second-order valence-corrected chi connectivity index (χ2v) is 11.3. The van der Waals surface area contributed by atoms with Crippen LogP contribution in [0.4, 0.5) is 10.1 Å². The van der Waals surface area contributed by atoms with E-state index in [1.165, 1.54) is 6.07 Å². The molecule has 1 aromatic carbocycles. The molecule has 0 aromatic heterocycles. The molecular formula is C27H37FN2O2. The van der Waals surface area contributed by atoms with E-state index in [4.69, 9.17) is 0 Å². The summed E-state index contributed by atoms with van der Waals surface area (Å²) in [6.07, 6.45) is 8.12. The summed E-state index contributed by atoms with van der Waals surface area (Å²) >= 11 is 0. The van der Waals surface area contributed by atoms with Crippen molar-refractivity contribution >= 4 is 17.5 Å². The fourth-order valence-corrected chi connectivity index (χ4v) is 8.60. The van der Waals surface area contributed by atoms with E-state index in [2.05, 4.69) is 31.0 Å². The van der Waals surface area contributed by atoms with E-state index in [1.807, 2.05) is 0 Å². The molecule has 2 amide bonds. The topological polar surface area (TPSA) is 49.4 Å². The number of amides is 2. The van der Waals surface area contributed by atoms with E-state index in [9.17, 15) is 14.0 Å². The lowest BCUT2D eigenvalue weighted by Crippen LogP contribution is -2.62. The van der Waals surface area contributed by atoms with Crippen LogP contribution >= 0.6 is 0 Å². The number of benzene rings is 1. The second kappa shape index (κ2) is 7.85. The number of fused-ring (bicyclic) bond motifs is 5. The van der Waals surface area contributed by atoms with Gasteiger partial charge in [0.25, 0.3) is 0 Å². The molecule has 3 aliphatic carbocycles. The van der Waals surface area contributed by atoms with Crippen LogP contribution in [0.15, 0.2) is 24.3 Å². The third-order valence-electron chi connectivity index (χ3n) is 10.2. The van der Waals surface area contributed by atoms with Crippen LogP contribution in [-0.4, -0.2) is 29.3 Å². The minimum Gasteiger partial charge on any atom is -0.339 e. The summed E-state index contributed by atoms with van der Waals surface area (Å²) in [7, 11) is 0. The quantitative estimate of drug-likeness (QED) is 0.662. The lowest BCUT2D eigenvalue weighted by Gasteiger charge is -2.62. The lowest BCUT2D eigenvalue weighted by molar-refractivity contribution is -0.161. The Morgan fingerprint density at radius 2 is 1.81 bits per heavy atom. The predicted octanol–water partition coefficient (Wildman–Crippen LogP) is 5.63. The fraction of sp³-hybridized carbons (Fsp3) is 0.704. The van der Waals surface area contributed by atoms with Crippen LogP contribution in [-0.2, 0) is 9.59 Å². The zero-order valence-electron chi connectivity index (χ0n) is 19.7. The van der Waals surface area contributed by atoms with E-state index in [0.717, 1.165) is 51.5 Å². The molecular weight excluding hydrogens is 403 g/mol. The highest BCUT2D eigenvalue weighted by Gasteiger charge is 2.62. The van der Waals surface area contributed by atoms with Crippen molar-refractivity contribution in [3.05, 3.63) is 30.1 Å². The van der Waals surface area contributed by atoms with Gasteiger partial charge in [0, 0.05) is 24.9 Å². The highest BCUT2D eigenvalue weighted by atomic mass is 19.1. The maximum absolute atomic E-state index is 14.1. The average Bonchev–Trinajstić information content (AvgIpc) is 3.13. The van der Waals surface area contributed by atoms with Crippen LogP contribution < -0.4 is 5.32 Å². The Morgan fingerprint density at radius 1 is 1.06 bits per heavy atom. The Labute approximate surface area is 191 Å². The number of anilines is 1. The molecule has 3 saturated carbocycles. The van der Waals surface area contributed by atoms with Crippen molar-refractivity contribution in [2.45, 2.75) is 78.2 Å². The zero-order valence-corrected chi connectivity index (χ0v) is 19.7. The van der Waals surface area contributed by atoms with Gasteiger partial charge >= 0.3 is 0 Å². The standard InChI is InChI=1S/C27H37FN2O2/c1-4-30-23-12-9-17-18-10-11-20(25(32)29-22-8-6-5-7-21(22)28)26(18,2)15-13-19(17)27(23,3)16-14-24(30)31/h5-8,17-20,23H,4,9-16H2,1-3H3,(H,29,32)/t17-,18-,19+,20?,23?,26-,27+/m0/s1. The maximum atomic E-state index is 14.1. The summed E-state index contributed by atoms with van der Waals surface area (Å²) < 4.78 is 14.1. The number of para-hydroxylation sites is 1. The molecule has 32 heavy (non-hydrogen) atoms. The number of likely N-dealkylation sites (tertiary alicyclic amines) is 1. The number of hydrogen-bond donors (Lipinski definition) is 1. The van der Waals surface area contributed by atoms with Gasteiger partial charge in [0.05, 0.1) is 5.69 Å². The summed E-state index contributed by atoms with van der Waals surface area (Å²) in [4.78, 5) is 28.0. The van der Waals surface area contributed by atoms with E-state index < -0.39 is 0 Å². The number of halogens is 1. The minimum atomic E-state index is -0.372. The third-order valence-corrected chi connectivity index (χ3v) is 10.2. The number of piperidine rings is 1. The van der Waals surface area contributed by atoms with Crippen molar-refractivity contribution < 1.29 is 14.0 Å². The van der Waals surface area contributed by atoms with Crippen LogP contribution in [0.2, 0.25) is 0 Å². The highest BCUT2D eigenvalue weighted by molar-refractivity contribution is 5.93. The van der Waals surface area contributed by atoms with Gasteiger partial charge in [-0.3, -0.25) is 9.59 Å². The van der Waals surface area contributed by atoms with Crippen LogP contribution in [0.5, 0.6) is 0 Å². The molecule has 0 spiro atoms. The molecule has 1 heterocycles. The zero-order chi connectivity index (χ0) is 22.7. The monoisotopic (exact) mass is 440 g/mol. The van der Waals surface area contributed by atoms with Gasteiger partial charge in [-0.1, -0.05) is 26.0 Å². The molecule has 1 aromatic rings.